The topological polar surface area (TPSA) is 32.3 Å². The van der Waals surface area contributed by atoms with Gasteiger partial charge in [0.25, 0.3) is 0 Å². The lowest BCUT2D eigenvalue weighted by molar-refractivity contribution is 0.466. The molecule has 0 heterocycles. The van der Waals surface area contributed by atoms with Crippen LogP contribution in [-0.4, -0.2) is 11.7 Å². The quantitative estimate of drug-likeness (QED) is 0.619. The summed E-state index contributed by atoms with van der Waals surface area (Å²) in [6.07, 6.45) is 8.88. The number of benzene rings is 1. The number of rotatable bonds is 5. The second-order valence-corrected chi connectivity index (χ2v) is 5.61. The van der Waals surface area contributed by atoms with Gasteiger partial charge in [-0.3, -0.25) is 0 Å². The fourth-order valence-corrected chi connectivity index (χ4v) is 2.76. The van der Waals surface area contributed by atoms with Gasteiger partial charge in [0, 0.05) is 6.54 Å². The summed E-state index contributed by atoms with van der Waals surface area (Å²) >= 11 is 0. The second-order valence-electron chi connectivity index (χ2n) is 5.61. The van der Waals surface area contributed by atoms with Gasteiger partial charge >= 0.3 is 0 Å². The highest BCUT2D eigenvalue weighted by molar-refractivity contribution is 5.42. The minimum atomic E-state index is 0.427. The molecule has 0 aliphatic heterocycles. The van der Waals surface area contributed by atoms with Crippen molar-refractivity contribution in [2.24, 2.45) is 0 Å². The Balaban J connectivity index is 1.78. The van der Waals surface area contributed by atoms with Gasteiger partial charge in [-0.15, -0.1) is 0 Å². The Bertz CT molecular complexity index is 439. The zero-order valence-electron chi connectivity index (χ0n) is 12.1. The van der Waals surface area contributed by atoms with Gasteiger partial charge in [-0.05, 0) is 69.2 Å². The lowest BCUT2D eigenvalue weighted by Gasteiger charge is -2.13. The summed E-state index contributed by atoms with van der Waals surface area (Å²) < 4.78 is 0. The predicted molar refractivity (Wildman–Crippen MR) is 80.5 cm³/mol. The Kier molecular flexibility index (Phi) is 5.03. The van der Waals surface area contributed by atoms with E-state index in [1.165, 1.54) is 37.7 Å². The molecule has 0 unspecified atom stereocenters. The third-order valence-electron chi connectivity index (χ3n) is 3.89. The van der Waals surface area contributed by atoms with Crippen LogP contribution in [0.5, 0.6) is 5.75 Å². The van der Waals surface area contributed by atoms with Crippen LogP contribution in [0, 0.1) is 13.8 Å². The molecule has 0 saturated heterocycles. The molecule has 0 saturated carbocycles. The second kappa shape index (κ2) is 6.76. The van der Waals surface area contributed by atoms with Crippen molar-refractivity contribution in [1.82, 2.24) is 5.32 Å². The minimum absolute atomic E-state index is 0.427. The molecule has 0 atom stereocenters. The van der Waals surface area contributed by atoms with Crippen molar-refractivity contribution in [2.75, 3.05) is 6.54 Å². The van der Waals surface area contributed by atoms with E-state index < -0.39 is 0 Å². The van der Waals surface area contributed by atoms with Crippen molar-refractivity contribution in [1.29, 1.82) is 0 Å². The van der Waals surface area contributed by atoms with E-state index >= 15 is 0 Å². The highest BCUT2D eigenvalue weighted by Crippen LogP contribution is 2.23. The van der Waals surface area contributed by atoms with Crippen molar-refractivity contribution in [3.63, 3.8) is 0 Å². The van der Waals surface area contributed by atoms with Crippen LogP contribution >= 0.6 is 0 Å². The molecule has 0 radical (unpaired) electrons. The minimum Gasteiger partial charge on any atom is -0.507 e. The number of allylic oxidation sites excluding steroid dienone is 1. The summed E-state index contributed by atoms with van der Waals surface area (Å²) in [6, 6.07) is 4.13. The third-order valence-corrected chi connectivity index (χ3v) is 3.89. The van der Waals surface area contributed by atoms with Crippen LogP contribution in [0.4, 0.5) is 0 Å². The average Bonchev–Trinajstić information content (AvgIpc) is 2.42. The normalized spacial score (nSPS) is 15.4. The van der Waals surface area contributed by atoms with Crippen molar-refractivity contribution in [3.8, 4) is 5.75 Å². The fourth-order valence-electron chi connectivity index (χ4n) is 2.76. The standard InChI is InChI=1S/C17H25NO/c1-13-10-16(11-14(2)17(13)19)12-18-9-8-15-6-4-3-5-7-15/h6,10-11,18-19H,3-5,7-9,12H2,1-2H3. The summed E-state index contributed by atoms with van der Waals surface area (Å²) in [5.74, 6) is 0.427. The lowest BCUT2D eigenvalue weighted by atomic mass is 9.97. The first-order chi connectivity index (χ1) is 9.16. The highest BCUT2D eigenvalue weighted by Gasteiger charge is 2.05. The van der Waals surface area contributed by atoms with Crippen molar-refractivity contribution >= 4 is 0 Å². The van der Waals surface area contributed by atoms with Gasteiger partial charge in [-0.2, -0.15) is 0 Å². The summed E-state index contributed by atoms with van der Waals surface area (Å²) in [4.78, 5) is 0. The number of hydrogen-bond acceptors (Lipinski definition) is 2. The number of nitrogens with one attached hydrogen (secondary N) is 1. The molecule has 19 heavy (non-hydrogen) atoms. The first kappa shape index (κ1) is 14.1. The van der Waals surface area contributed by atoms with Gasteiger partial charge in [-0.1, -0.05) is 23.8 Å². The zero-order valence-corrected chi connectivity index (χ0v) is 12.1. The number of aryl methyl sites for hydroxylation is 2. The van der Waals surface area contributed by atoms with Crippen molar-refractivity contribution < 1.29 is 5.11 Å². The molecule has 0 amide bonds. The molecular weight excluding hydrogens is 234 g/mol. The Labute approximate surface area is 116 Å². The Morgan fingerprint density at radius 3 is 2.53 bits per heavy atom. The molecule has 1 aliphatic carbocycles. The largest absolute Gasteiger partial charge is 0.507 e. The zero-order chi connectivity index (χ0) is 13.7. The molecule has 2 heteroatoms. The van der Waals surface area contributed by atoms with Gasteiger partial charge < -0.3 is 10.4 Å². The molecular formula is C17H25NO. The first-order valence-corrected chi connectivity index (χ1v) is 7.34. The maximum absolute atomic E-state index is 9.74. The van der Waals surface area contributed by atoms with Crippen LogP contribution in [0.25, 0.3) is 0 Å². The van der Waals surface area contributed by atoms with E-state index in [1.807, 2.05) is 13.8 Å². The maximum Gasteiger partial charge on any atom is 0.121 e. The fraction of sp³-hybridized carbons (Fsp3) is 0.529. The van der Waals surface area contributed by atoms with Crippen LogP contribution in [0.15, 0.2) is 23.8 Å². The van der Waals surface area contributed by atoms with E-state index in [-0.39, 0.29) is 0 Å². The van der Waals surface area contributed by atoms with E-state index in [2.05, 4.69) is 23.5 Å². The number of aromatic hydroxyl groups is 1. The van der Waals surface area contributed by atoms with E-state index in [0.717, 1.165) is 24.2 Å². The predicted octanol–water partition coefficient (Wildman–Crippen LogP) is 3.99. The SMILES string of the molecule is Cc1cc(CNCCC2=CCCCC2)cc(C)c1O. The van der Waals surface area contributed by atoms with Gasteiger partial charge in [0.1, 0.15) is 5.75 Å². The average molecular weight is 259 g/mol. The molecule has 1 aromatic rings. The Hall–Kier alpha value is -1.28. The van der Waals surface area contributed by atoms with Gasteiger partial charge in [0.15, 0.2) is 0 Å². The lowest BCUT2D eigenvalue weighted by Crippen LogP contribution is -2.15. The molecule has 2 rings (SSSR count). The monoisotopic (exact) mass is 259 g/mol. The molecule has 1 aliphatic rings. The van der Waals surface area contributed by atoms with Gasteiger partial charge in [0.2, 0.25) is 0 Å². The van der Waals surface area contributed by atoms with Crippen LogP contribution in [0.1, 0.15) is 48.8 Å². The molecule has 0 aromatic heterocycles. The number of phenolic OH excluding ortho intramolecular Hbond substituents is 1. The summed E-state index contributed by atoms with van der Waals surface area (Å²) in [5, 5.41) is 13.2. The van der Waals surface area contributed by atoms with Gasteiger partial charge in [-0.25, -0.2) is 0 Å². The van der Waals surface area contributed by atoms with Gasteiger partial charge in [0.05, 0.1) is 0 Å². The van der Waals surface area contributed by atoms with Crippen LogP contribution in [0.2, 0.25) is 0 Å². The van der Waals surface area contributed by atoms with E-state index in [0.29, 0.717) is 5.75 Å². The molecule has 2 nitrogen and oxygen atoms in total. The van der Waals surface area contributed by atoms with Crippen molar-refractivity contribution in [3.05, 3.63) is 40.5 Å². The van der Waals surface area contributed by atoms with Crippen LogP contribution < -0.4 is 5.32 Å². The smallest absolute Gasteiger partial charge is 0.121 e. The van der Waals surface area contributed by atoms with E-state index in [4.69, 9.17) is 0 Å². The summed E-state index contributed by atoms with van der Waals surface area (Å²) in [6.45, 7) is 5.84. The van der Waals surface area contributed by atoms with E-state index in [9.17, 15) is 5.11 Å². The van der Waals surface area contributed by atoms with Crippen LogP contribution in [0.3, 0.4) is 0 Å². The molecule has 104 valence electrons. The van der Waals surface area contributed by atoms with Crippen molar-refractivity contribution in [2.45, 2.75) is 52.5 Å². The molecule has 1 aromatic carbocycles. The first-order valence-electron chi connectivity index (χ1n) is 7.34. The maximum atomic E-state index is 9.74. The molecule has 2 N–H and O–H groups in total. The summed E-state index contributed by atoms with van der Waals surface area (Å²) in [5.41, 5.74) is 4.81. The molecule has 0 bridgehead atoms. The van der Waals surface area contributed by atoms with Crippen LogP contribution in [-0.2, 0) is 6.54 Å². The third kappa shape index (κ3) is 4.10. The molecule has 0 spiro atoms. The Morgan fingerprint density at radius 2 is 1.89 bits per heavy atom. The Morgan fingerprint density at radius 1 is 1.16 bits per heavy atom. The number of phenols is 1. The molecule has 0 fully saturated rings. The summed E-state index contributed by atoms with van der Waals surface area (Å²) in [7, 11) is 0. The highest BCUT2D eigenvalue weighted by atomic mass is 16.3. The van der Waals surface area contributed by atoms with E-state index in [1.54, 1.807) is 5.57 Å². The number of hydrogen-bond donors (Lipinski definition) is 2.